The van der Waals surface area contributed by atoms with Crippen molar-refractivity contribution in [2.75, 3.05) is 13.7 Å². The summed E-state index contributed by atoms with van der Waals surface area (Å²) in [5, 5.41) is 0. The van der Waals surface area contributed by atoms with Crippen molar-refractivity contribution in [1.29, 1.82) is 0 Å². The Kier molecular flexibility index (Phi) is 3.30. The van der Waals surface area contributed by atoms with Gasteiger partial charge in [0.2, 0.25) is 5.88 Å². The van der Waals surface area contributed by atoms with Gasteiger partial charge in [-0.25, -0.2) is 13.4 Å². The average molecular weight is 257 g/mol. The minimum atomic E-state index is -3.08. The number of methoxy groups -OCH3 is 1. The molecule has 2 heterocycles. The number of aryl methyl sites for hydroxylation is 1. The highest BCUT2D eigenvalue weighted by Gasteiger charge is 2.30. The molecule has 17 heavy (non-hydrogen) atoms. The first-order valence-electron chi connectivity index (χ1n) is 5.39. The van der Waals surface area contributed by atoms with E-state index in [2.05, 4.69) is 9.97 Å². The van der Waals surface area contributed by atoms with E-state index in [-0.39, 0.29) is 11.5 Å². The first-order valence-corrected chi connectivity index (χ1v) is 7.21. The Morgan fingerprint density at radius 2 is 2.12 bits per heavy atom. The molecule has 0 amide bonds. The van der Waals surface area contributed by atoms with Crippen molar-refractivity contribution in [2.45, 2.75) is 24.3 Å². The SMILES string of the molecule is COc1nc(CCCN)nc2c1CS(=O)(=O)C2. The van der Waals surface area contributed by atoms with E-state index in [0.29, 0.717) is 35.9 Å². The summed E-state index contributed by atoms with van der Waals surface area (Å²) in [6, 6.07) is 0. The van der Waals surface area contributed by atoms with Crippen molar-refractivity contribution < 1.29 is 13.2 Å². The molecule has 0 unspecified atom stereocenters. The number of ether oxygens (including phenoxy) is 1. The fraction of sp³-hybridized carbons (Fsp3) is 0.600. The topological polar surface area (TPSA) is 95.2 Å². The number of sulfone groups is 1. The summed E-state index contributed by atoms with van der Waals surface area (Å²) < 4.78 is 28.2. The van der Waals surface area contributed by atoms with Gasteiger partial charge in [-0.1, -0.05) is 0 Å². The van der Waals surface area contributed by atoms with E-state index < -0.39 is 9.84 Å². The molecule has 6 nitrogen and oxygen atoms in total. The van der Waals surface area contributed by atoms with Gasteiger partial charge in [0.25, 0.3) is 0 Å². The van der Waals surface area contributed by atoms with Crippen molar-refractivity contribution in [2.24, 2.45) is 5.73 Å². The van der Waals surface area contributed by atoms with Crippen molar-refractivity contribution in [3.05, 3.63) is 17.1 Å². The van der Waals surface area contributed by atoms with E-state index in [4.69, 9.17) is 10.5 Å². The van der Waals surface area contributed by atoms with Crippen LogP contribution in [0.15, 0.2) is 0 Å². The molecule has 0 saturated heterocycles. The zero-order chi connectivity index (χ0) is 12.5. The summed E-state index contributed by atoms with van der Waals surface area (Å²) in [7, 11) is -1.60. The summed E-state index contributed by atoms with van der Waals surface area (Å²) >= 11 is 0. The van der Waals surface area contributed by atoms with E-state index in [1.807, 2.05) is 0 Å². The minimum absolute atomic E-state index is 0.0170. The molecule has 0 aromatic carbocycles. The monoisotopic (exact) mass is 257 g/mol. The van der Waals surface area contributed by atoms with Crippen LogP contribution in [0.4, 0.5) is 0 Å². The van der Waals surface area contributed by atoms with Crippen molar-refractivity contribution >= 4 is 9.84 Å². The van der Waals surface area contributed by atoms with Gasteiger partial charge in [-0.2, -0.15) is 4.98 Å². The van der Waals surface area contributed by atoms with Crippen LogP contribution in [0.5, 0.6) is 5.88 Å². The summed E-state index contributed by atoms with van der Waals surface area (Å²) in [6.45, 7) is 0.557. The predicted octanol–water partition coefficient (Wildman–Crippen LogP) is -0.195. The maximum atomic E-state index is 11.5. The molecule has 0 aliphatic carbocycles. The van der Waals surface area contributed by atoms with Crippen LogP contribution < -0.4 is 10.5 Å². The van der Waals surface area contributed by atoms with Crippen LogP contribution in [0.3, 0.4) is 0 Å². The highest BCUT2D eigenvalue weighted by Crippen LogP contribution is 2.30. The zero-order valence-corrected chi connectivity index (χ0v) is 10.5. The van der Waals surface area contributed by atoms with Gasteiger partial charge in [0.15, 0.2) is 9.84 Å². The largest absolute Gasteiger partial charge is 0.481 e. The molecule has 94 valence electrons. The van der Waals surface area contributed by atoms with Gasteiger partial charge in [-0.15, -0.1) is 0 Å². The molecule has 1 aliphatic heterocycles. The summed E-state index contributed by atoms with van der Waals surface area (Å²) in [6.07, 6.45) is 1.41. The Balaban J connectivity index is 2.38. The third kappa shape index (κ3) is 2.55. The molecule has 0 atom stereocenters. The van der Waals surface area contributed by atoms with Gasteiger partial charge in [0, 0.05) is 6.42 Å². The molecular weight excluding hydrogens is 242 g/mol. The number of fused-ring (bicyclic) bond motifs is 1. The van der Waals surface area contributed by atoms with Crippen LogP contribution in [0.1, 0.15) is 23.5 Å². The lowest BCUT2D eigenvalue weighted by molar-refractivity contribution is 0.390. The van der Waals surface area contributed by atoms with Crippen molar-refractivity contribution in [3.63, 3.8) is 0 Å². The fourth-order valence-corrected chi connectivity index (χ4v) is 3.33. The Morgan fingerprint density at radius 3 is 2.76 bits per heavy atom. The summed E-state index contributed by atoms with van der Waals surface area (Å²) in [4.78, 5) is 8.48. The highest BCUT2D eigenvalue weighted by molar-refractivity contribution is 7.90. The zero-order valence-electron chi connectivity index (χ0n) is 9.64. The van der Waals surface area contributed by atoms with Gasteiger partial charge < -0.3 is 10.5 Å². The number of nitrogens with two attached hydrogens (primary N) is 1. The Bertz CT molecular complexity index is 528. The van der Waals surface area contributed by atoms with Crippen LogP contribution in [-0.4, -0.2) is 32.0 Å². The molecular formula is C10H15N3O3S. The Morgan fingerprint density at radius 1 is 1.35 bits per heavy atom. The number of hydrogen-bond acceptors (Lipinski definition) is 6. The smallest absolute Gasteiger partial charge is 0.220 e. The lowest BCUT2D eigenvalue weighted by Gasteiger charge is -2.07. The van der Waals surface area contributed by atoms with Crippen LogP contribution in [0, 0.1) is 0 Å². The van der Waals surface area contributed by atoms with Gasteiger partial charge in [-0.3, -0.25) is 0 Å². The van der Waals surface area contributed by atoms with Crippen LogP contribution in [0.25, 0.3) is 0 Å². The molecule has 0 bridgehead atoms. The standard InChI is InChI=1S/C10H15N3O3S/c1-16-10-7-5-17(14,15)6-8(7)12-9(13-10)3-2-4-11/h2-6,11H2,1H3. The van der Waals surface area contributed by atoms with Gasteiger partial charge >= 0.3 is 0 Å². The molecule has 0 saturated carbocycles. The Hall–Kier alpha value is -1.21. The van der Waals surface area contributed by atoms with E-state index in [1.165, 1.54) is 7.11 Å². The molecule has 0 radical (unpaired) electrons. The molecule has 2 rings (SSSR count). The van der Waals surface area contributed by atoms with Crippen molar-refractivity contribution in [1.82, 2.24) is 9.97 Å². The van der Waals surface area contributed by atoms with Crippen LogP contribution >= 0.6 is 0 Å². The second-order valence-corrected chi connectivity index (χ2v) is 6.06. The minimum Gasteiger partial charge on any atom is -0.481 e. The lowest BCUT2D eigenvalue weighted by Crippen LogP contribution is -2.07. The summed E-state index contributed by atoms with van der Waals surface area (Å²) in [5.41, 5.74) is 6.59. The molecule has 7 heteroatoms. The molecule has 0 fully saturated rings. The third-order valence-electron chi connectivity index (χ3n) is 2.62. The maximum absolute atomic E-state index is 11.5. The molecule has 1 aromatic heterocycles. The lowest BCUT2D eigenvalue weighted by atomic mass is 10.2. The third-order valence-corrected chi connectivity index (χ3v) is 4.06. The van der Waals surface area contributed by atoms with E-state index in [9.17, 15) is 8.42 Å². The molecule has 0 spiro atoms. The van der Waals surface area contributed by atoms with E-state index in [0.717, 1.165) is 6.42 Å². The quantitative estimate of drug-likeness (QED) is 0.803. The van der Waals surface area contributed by atoms with Gasteiger partial charge in [0.05, 0.1) is 29.9 Å². The second kappa shape index (κ2) is 4.58. The fourth-order valence-electron chi connectivity index (χ4n) is 1.84. The maximum Gasteiger partial charge on any atom is 0.220 e. The molecule has 1 aromatic rings. The van der Waals surface area contributed by atoms with Crippen LogP contribution in [-0.2, 0) is 27.8 Å². The molecule has 1 aliphatic rings. The number of aromatic nitrogens is 2. The highest BCUT2D eigenvalue weighted by atomic mass is 32.2. The Labute approximate surface area is 100 Å². The average Bonchev–Trinajstić information content (AvgIpc) is 2.59. The summed E-state index contributed by atoms with van der Waals surface area (Å²) in [5.74, 6) is 0.936. The predicted molar refractivity (Wildman–Crippen MR) is 62.3 cm³/mol. The first kappa shape index (κ1) is 12.3. The van der Waals surface area contributed by atoms with Gasteiger partial charge in [-0.05, 0) is 13.0 Å². The number of nitrogens with zero attached hydrogens (tertiary/aromatic N) is 2. The number of rotatable bonds is 4. The normalized spacial score (nSPS) is 16.8. The first-order chi connectivity index (χ1) is 8.05. The molecule has 2 N–H and O–H groups in total. The van der Waals surface area contributed by atoms with E-state index >= 15 is 0 Å². The van der Waals surface area contributed by atoms with E-state index in [1.54, 1.807) is 0 Å². The number of hydrogen-bond donors (Lipinski definition) is 1. The van der Waals surface area contributed by atoms with Crippen molar-refractivity contribution in [3.8, 4) is 5.88 Å². The van der Waals surface area contributed by atoms with Crippen LogP contribution in [0.2, 0.25) is 0 Å². The van der Waals surface area contributed by atoms with Gasteiger partial charge in [0.1, 0.15) is 5.82 Å². The second-order valence-electron chi connectivity index (χ2n) is 4.00.